The lowest BCUT2D eigenvalue weighted by atomic mass is 10.2. The fraction of sp³-hybridized carbons (Fsp3) is 0.615. The van der Waals surface area contributed by atoms with Crippen LogP contribution in [0.4, 0.5) is 11.5 Å². The molecule has 1 heterocycles. The minimum atomic E-state index is -0.414. The van der Waals surface area contributed by atoms with E-state index in [2.05, 4.69) is 32.5 Å². The van der Waals surface area contributed by atoms with Crippen LogP contribution in [0.15, 0.2) is 10.7 Å². The van der Waals surface area contributed by atoms with Gasteiger partial charge in [0.05, 0.1) is 9.40 Å². The molecule has 1 rings (SSSR count). The first-order valence-electron chi connectivity index (χ1n) is 6.60. The average Bonchev–Trinajstić information content (AvgIpc) is 2.42. The van der Waals surface area contributed by atoms with Crippen LogP contribution in [-0.2, 0) is 0 Å². The second kappa shape index (κ2) is 9.18. The third kappa shape index (κ3) is 5.28. The molecule has 1 aromatic rings. The normalized spacial score (nSPS) is 10.6. The molecule has 20 heavy (non-hydrogen) atoms. The first-order valence-corrected chi connectivity index (χ1v) is 8.79. The Bertz CT molecular complexity index is 457. The van der Waals surface area contributed by atoms with Crippen molar-refractivity contribution < 1.29 is 4.92 Å². The fourth-order valence-corrected chi connectivity index (χ4v) is 2.75. The van der Waals surface area contributed by atoms with Gasteiger partial charge in [-0.25, -0.2) is 4.98 Å². The number of hydrogen-bond acceptors (Lipinski definition) is 5. The molecule has 0 aliphatic carbocycles. The molecule has 5 nitrogen and oxygen atoms in total. The Kier molecular flexibility index (Phi) is 7.91. The van der Waals surface area contributed by atoms with Gasteiger partial charge in [-0.05, 0) is 47.7 Å². The number of rotatable bonds is 9. The molecule has 0 spiro atoms. The molecule has 0 bridgehead atoms. The molecule has 0 aromatic carbocycles. The number of nitrogens with one attached hydrogen (secondary N) is 1. The van der Waals surface area contributed by atoms with Crippen molar-refractivity contribution in [2.45, 2.75) is 32.6 Å². The van der Waals surface area contributed by atoms with Crippen molar-refractivity contribution in [1.82, 2.24) is 4.98 Å². The van der Waals surface area contributed by atoms with Gasteiger partial charge >= 0.3 is 0 Å². The van der Waals surface area contributed by atoms with Crippen LogP contribution in [0.1, 0.15) is 31.2 Å². The molecule has 0 radical (unpaired) electrons. The van der Waals surface area contributed by atoms with Crippen molar-refractivity contribution in [1.29, 1.82) is 0 Å². The highest BCUT2D eigenvalue weighted by atomic mass is 79.9. The second-order valence-electron chi connectivity index (χ2n) is 4.52. The molecular formula is C13H20BrN3O2S. The molecule has 0 saturated heterocycles. The average molecular weight is 362 g/mol. The zero-order valence-corrected chi connectivity index (χ0v) is 14.2. The Morgan fingerprint density at radius 3 is 2.75 bits per heavy atom. The van der Waals surface area contributed by atoms with Gasteiger partial charge in [0.15, 0.2) is 0 Å². The zero-order chi connectivity index (χ0) is 15.0. The molecule has 0 saturated carbocycles. The Morgan fingerprint density at radius 1 is 1.40 bits per heavy atom. The summed E-state index contributed by atoms with van der Waals surface area (Å²) in [5.74, 6) is 1.90. The minimum Gasteiger partial charge on any atom is -0.369 e. The van der Waals surface area contributed by atoms with Crippen molar-refractivity contribution >= 4 is 39.2 Å². The van der Waals surface area contributed by atoms with Gasteiger partial charge < -0.3 is 5.32 Å². The number of hydrogen-bond donors (Lipinski definition) is 1. The maximum atomic E-state index is 10.8. The Labute approximate surface area is 132 Å². The van der Waals surface area contributed by atoms with Crippen LogP contribution in [0.25, 0.3) is 0 Å². The molecule has 1 aromatic heterocycles. The van der Waals surface area contributed by atoms with Crippen LogP contribution in [0.2, 0.25) is 0 Å². The zero-order valence-electron chi connectivity index (χ0n) is 11.8. The molecule has 0 unspecified atom stereocenters. The van der Waals surface area contributed by atoms with E-state index in [9.17, 15) is 10.1 Å². The number of nitro groups is 1. The first-order chi connectivity index (χ1) is 9.57. The number of thioether (sulfide) groups is 1. The van der Waals surface area contributed by atoms with Gasteiger partial charge in [-0.2, -0.15) is 11.8 Å². The molecule has 0 amide bonds. The Hall–Kier alpha value is -0.820. The molecule has 0 atom stereocenters. The van der Waals surface area contributed by atoms with Crippen LogP contribution >= 0.6 is 27.7 Å². The second-order valence-corrected chi connectivity index (χ2v) is 6.30. The number of pyridine rings is 1. The van der Waals surface area contributed by atoms with Crippen molar-refractivity contribution in [3.05, 3.63) is 26.3 Å². The summed E-state index contributed by atoms with van der Waals surface area (Å²) in [6.07, 6.45) is 8.22. The van der Waals surface area contributed by atoms with Gasteiger partial charge in [-0.1, -0.05) is 12.8 Å². The van der Waals surface area contributed by atoms with E-state index >= 15 is 0 Å². The lowest BCUT2D eigenvalue weighted by Gasteiger charge is -2.09. The maximum Gasteiger partial charge on any atom is 0.291 e. The SMILES string of the molecule is CSCCCCCCNc1ncc([N+](=O)[O-])c(C)c1Br. The summed E-state index contributed by atoms with van der Waals surface area (Å²) in [4.78, 5) is 14.5. The summed E-state index contributed by atoms with van der Waals surface area (Å²) < 4.78 is 0.675. The van der Waals surface area contributed by atoms with E-state index in [0.29, 0.717) is 15.9 Å². The lowest BCUT2D eigenvalue weighted by molar-refractivity contribution is -0.385. The van der Waals surface area contributed by atoms with Gasteiger partial charge in [0.2, 0.25) is 0 Å². The molecule has 1 N–H and O–H groups in total. The first kappa shape index (κ1) is 17.2. The molecule has 7 heteroatoms. The number of unbranched alkanes of at least 4 members (excludes halogenated alkanes) is 3. The standard InChI is InChI=1S/C13H20BrN3O2S/c1-10-11(17(18)19)9-16-13(12(10)14)15-7-5-3-4-6-8-20-2/h9H,3-8H2,1-2H3,(H,15,16). The van der Waals surface area contributed by atoms with E-state index in [4.69, 9.17) is 0 Å². The predicted octanol–water partition coefficient (Wildman–Crippen LogP) is 4.40. The van der Waals surface area contributed by atoms with Crippen molar-refractivity contribution in [3.8, 4) is 0 Å². The molecule has 0 aliphatic rings. The summed E-state index contributed by atoms with van der Waals surface area (Å²) in [6.45, 7) is 2.56. The van der Waals surface area contributed by atoms with E-state index in [1.165, 1.54) is 31.2 Å². The summed E-state index contributed by atoms with van der Waals surface area (Å²) in [5.41, 5.74) is 0.645. The summed E-state index contributed by atoms with van der Waals surface area (Å²) in [7, 11) is 0. The van der Waals surface area contributed by atoms with Gasteiger partial charge in [0, 0.05) is 12.1 Å². The Balaban J connectivity index is 2.41. The lowest BCUT2D eigenvalue weighted by Crippen LogP contribution is -2.06. The molecule has 0 aliphatic heterocycles. The van der Waals surface area contributed by atoms with Crippen LogP contribution in [-0.4, -0.2) is 28.5 Å². The van der Waals surface area contributed by atoms with E-state index in [1.54, 1.807) is 6.92 Å². The predicted molar refractivity (Wildman–Crippen MR) is 88.7 cm³/mol. The van der Waals surface area contributed by atoms with Crippen molar-refractivity contribution in [3.63, 3.8) is 0 Å². The molecule has 0 fully saturated rings. The van der Waals surface area contributed by atoms with E-state index < -0.39 is 4.92 Å². The van der Waals surface area contributed by atoms with Gasteiger partial charge in [-0.15, -0.1) is 0 Å². The highest BCUT2D eigenvalue weighted by Gasteiger charge is 2.16. The molecular weight excluding hydrogens is 342 g/mol. The summed E-state index contributed by atoms with van der Waals surface area (Å²) >= 11 is 5.25. The number of halogens is 1. The minimum absolute atomic E-state index is 0.0412. The monoisotopic (exact) mass is 361 g/mol. The highest BCUT2D eigenvalue weighted by molar-refractivity contribution is 9.10. The smallest absolute Gasteiger partial charge is 0.291 e. The number of aromatic nitrogens is 1. The van der Waals surface area contributed by atoms with Crippen LogP contribution in [0.5, 0.6) is 0 Å². The maximum absolute atomic E-state index is 10.8. The van der Waals surface area contributed by atoms with E-state index in [-0.39, 0.29) is 5.69 Å². The quantitative estimate of drug-likeness (QED) is 0.401. The highest BCUT2D eigenvalue weighted by Crippen LogP contribution is 2.30. The third-order valence-electron chi connectivity index (χ3n) is 3.00. The van der Waals surface area contributed by atoms with E-state index in [0.717, 1.165) is 13.0 Å². The number of nitrogens with zero attached hydrogens (tertiary/aromatic N) is 2. The van der Waals surface area contributed by atoms with Gasteiger partial charge in [0.1, 0.15) is 12.0 Å². The van der Waals surface area contributed by atoms with Gasteiger partial charge in [-0.3, -0.25) is 10.1 Å². The Morgan fingerprint density at radius 2 is 2.10 bits per heavy atom. The summed E-state index contributed by atoms with van der Waals surface area (Å²) in [5, 5.41) is 14.0. The van der Waals surface area contributed by atoms with Crippen molar-refractivity contribution in [2.75, 3.05) is 23.9 Å². The summed E-state index contributed by atoms with van der Waals surface area (Å²) in [6, 6.07) is 0. The van der Waals surface area contributed by atoms with Crippen molar-refractivity contribution in [2.24, 2.45) is 0 Å². The topological polar surface area (TPSA) is 68.1 Å². The van der Waals surface area contributed by atoms with Crippen LogP contribution < -0.4 is 5.32 Å². The van der Waals surface area contributed by atoms with Crippen LogP contribution in [0.3, 0.4) is 0 Å². The van der Waals surface area contributed by atoms with E-state index in [1.807, 2.05) is 11.8 Å². The largest absolute Gasteiger partial charge is 0.369 e. The fourth-order valence-electron chi connectivity index (χ4n) is 1.81. The number of anilines is 1. The molecule has 112 valence electrons. The van der Waals surface area contributed by atoms with Gasteiger partial charge in [0.25, 0.3) is 5.69 Å². The van der Waals surface area contributed by atoms with Crippen LogP contribution in [0, 0.1) is 17.0 Å². The third-order valence-corrected chi connectivity index (χ3v) is 4.67.